The monoisotopic (exact) mass is 184 g/mol. The van der Waals surface area contributed by atoms with E-state index in [1.807, 2.05) is 13.8 Å². The van der Waals surface area contributed by atoms with Gasteiger partial charge in [0.25, 0.3) is 0 Å². The summed E-state index contributed by atoms with van der Waals surface area (Å²) in [6.07, 6.45) is 4.90. The highest BCUT2D eigenvalue weighted by Gasteiger charge is 2.32. The molecule has 0 heterocycles. The Morgan fingerprint density at radius 2 is 2.00 bits per heavy atom. The van der Waals surface area contributed by atoms with E-state index in [-0.39, 0.29) is 5.91 Å². The normalized spacial score (nSPS) is 18.1. The zero-order valence-corrected chi connectivity index (χ0v) is 8.60. The average molecular weight is 184 g/mol. The van der Waals surface area contributed by atoms with E-state index in [0.717, 1.165) is 12.8 Å². The van der Waals surface area contributed by atoms with Gasteiger partial charge in [-0.2, -0.15) is 0 Å². The third-order valence-corrected chi connectivity index (χ3v) is 3.15. The third kappa shape index (κ3) is 2.21. The van der Waals surface area contributed by atoms with Gasteiger partial charge >= 0.3 is 0 Å². The van der Waals surface area contributed by atoms with Crippen LogP contribution >= 0.6 is 0 Å². The van der Waals surface area contributed by atoms with E-state index in [1.54, 1.807) is 0 Å². The van der Waals surface area contributed by atoms with Crippen LogP contribution in [0.15, 0.2) is 0 Å². The van der Waals surface area contributed by atoms with Gasteiger partial charge in [-0.25, -0.2) is 0 Å². The van der Waals surface area contributed by atoms with Crippen LogP contribution in [0.25, 0.3) is 0 Å². The van der Waals surface area contributed by atoms with Crippen LogP contribution in [0.5, 0.6) is 0 Å². The van der Waals surface area contributed by atoms with Crippen LogP contribution in [-0.2, 0) is 4.79 Å². The van der Waals surface area contributed by atoms with Gasteiger partial charge in [-0.05, 0) is 32.1 Å². The van der Waals surface area contributed by atoms with Crippen LogP contribution in [0.3, 0.4) is 0 Å². The zero-order valence-electron chi connectivity index (χ0n) is 8.60. The molecule has 1 rings (SSSR count). The molecule has 3 nitrogen and oxygen atoms in total. The maximum atomic E-state index is 11.7. The van der Waals surface area contributed by atoms with E-state index in [1.165, 1.54) is 6.42 Å². The smallest absolute Gasteiger partial charge is 0.240 e. The van der Waals surface area contributed by atoms with Gasteiger partial charge in [0.1, 0.15) is 0 Å². The molecule has 1 aliphatic carbocycles. The van der Waals surface area contributed by atoms with Crippen molar-refractivity contribution in [3.8, 4) is 0 Å². The summed E-state index contributed by atoms with van der Waals surface area (Å²) in [7, 11) is 0. The van der Waals surface area contributed by atoms with Crippen molar-refractivity contribution in [3.05, 3.63) is 0 Å². The van der Waals surface area contributed by atoms with E-state index in [2.05, 4.69) is 5.32 Å². The van der Waals surface area contributed by atoms with Crippen molar-refractivity contribution in [3.63, 3.8) is 0 Å². The number of nitrogens with one attached hydrogen (secondary N) is 1. The Balaban J connectivity index is 2.43. The SMILES string of the molecule is CCC(N)(CC)C(=O)NC1CCC1. The van der Waals surface area contributed by atoms with Gasteiger partial charge in [0.15, 0.2) is 0 Å². The second-order valence-electron chi connectivity index (χ2n) is 3.96. The van der Waals surface area contributed by atoms with Crippen LogP contribution in [0, 0.1) is 0 Å². The summed E-state index contributed by atoms with van der Waals surface area (Å²) in [6.45, 7) is 3.92. The van der Waals surface area contributed by atoms with Gasteiger partial charge in [0, 0.05) is 6.04 Å². The molecule has 0 atom stereocenters. The van der Waals surface area contributed by atoms with Crippen LogP contribution in [-0.4, -0.2) is 17.5 Å². The first kappa shape index (κ1) is 10.5. The van der Waals surface area contributed by atoms with Crippen molar-refractivity contribution in [1.82, 2.24) is 5.32 Å². The Labute approximate surface area is 80.1 Å². The summed E-state index contributed by atoms with van der Waals surface area (Å²) < 4.78 is 0. The minimum absolute atomic E-state index is 0.0298. The van der Waals surface area contributed by atoms with Gasteiger partial charge in [-0.1, -0.05) is 13.8 Å². The maximum Gasteiger partial charge on any atom is 0.240 e. The number of rotatable bonds is 4. The quantitative estimate of drug-likeness (QED) is 0.689. The van der Waals surface area contributed by atoms with Gasteiger partial charge in [-0.15, -0.1) is 0 Å². The minimum atomic E-state index is -0.643. The fourth-order valence-electron chi connectivity index (χ4n) is 1.45. The molecular formula is C10H20N2O. The lowest BCUT2D eigenvalue weighted by molar-refractivity contribution is -0.127. The summed E-state index contributed by atoms with van der Waals surface area (Å²) in [5.41, 5.74) is 5.31. The summed E-state index contributed by atoms with van der Waals surface area (Å²) in [5, 5.41) is 2.99. The van der Waals surface area contributed by atoms with Crippen LogP contribution in [0.4, 0.5) is 0 Å². The van der Waals surface area contributed by atoms with Crippen molar-refractivity contribution < 1.29 is 4.79 Å². The average Bonchev–Trinajstić information content (AvgIpc) is 2.09. The molecule has 3 heteroatoms. The standard InChI is InChI=1S/C10H20N2O/c1-3-10(11,4-2)9(13)12-8-6-5-7-8/h8H,3-7,11H2,1-2H3,(H,12,13). The van der Waals surface area contributed by atoms with E-state index in [0.29, 0.717) is 18.9 Å². The van der Waals surface area contributed by atoms with Gasteiger partial charge < -0.3 is 11.1 Å². The van der Waals surface area contributed by atoms with Crippen LogP contribution in [0.1, 0.15) is 46.0 Å². The molecule has 1 saturated carbocycles. The second kappa shape index (κ2) is 4.09. The fraction of sp³-hybridized carbons (Fsp3) is 0.900. The fourth-order valence-corrected chi connectivity index (χ4v) is 1.45. The maximum absolute atomic E-state index is 11.7. The van der Waals surface area contributed by atoms with E-state index < -0.39 is 5.54 Å². The molecule has 13 heavy (non-hydrogen) atoms. The summed E-state index contributed by atoms with van der Waals surface area (Å²) in [4.78, 5) is 11.7. The summed E-state index contributed by atoms with van der Waals surface area (Å²) >= 11 is 0. The van der Waals surface area contributed by atoms with Crippen LogP contribution < -0.4 is 11.1 Å². The topological polar surface area (TPSA) is 55.1 Å². The zero-order chi connectivity index (χ0) is 9.90. The van der Waals surface area contributed by atoms with Crippen molar-refractivity contribution >= 4 is 5.91 Å². The molecule has 76 valence electrons. The van der Waals surface area contributed by atoms with Crippen molar-refractivity contribution in [2.24, 2.45) is 5.73 Å². The van der Waals surface area contributed by atoms with E-state index >= 15 is 0 Å². The molecular weight excluding hydrogens is 164 g/mol. The van der Waals surface area contributed by atoms with E-state index in [4.69, 9.17) is 5.73 Å². The Hall–Kier alpha value is -0.570. The molecule has 1 fully saturated rings. The first-order valence-electron chi connectivity index (χ1n) is 5.22. The summed E-state index contributed by atoms with van der Waals surface area (Å²) in [5.74, 6) is 0.0298. The van der Waals surface area contributed by atoms with Crippen molar-refractivity contribution in [1.29, 1.82) is 0 Å². The first-order chi connectivity index (χ1) is 6.12. The van der Waals surface area contributed by atoms with Crippen LogP contribution in [0.2, 0.25) is 0 Å². The summed E-state index contributed by atoms with van der Waals surface area (Å²) in [6, 6.07) is 0.397. The Bertz CT molecular complexity index is 183. The molecule has 0 saturated heterocycles. The number of carbonyl (C=O) groups excluding carboxylic acids is 1. The predicted octanol–water partition coefficient (Wildman–Crippen LogP) is 1.17. The molecule has 0 bridgehead atoms. The highest BCUT2D eigenvalue weighted by molar-refractivity contribution is 5.86. The molecule has 0 aromatic carbocycles. The lowest BCUT2D eigenvalue weighted by Crippen LogP contribution is -2.56. The molecule has 1 amide bonds. The Kier molecular flexibility index (Phi) is 3.31. The highest BCUT2D eigenvalue weighted by Crippen LogP contribution is 2.20. The molecule has 0 unspecified atom stereocenters. The molecule has 0 aliphatic heterocycles. The third-order valence-electron chi connectivity index (χ3n) is 3.15. The lowest BCUT2D eigenvalue weighted by Gasteiger charge is -2.32. The van der Waals surface area contributed by atoms with Gasteiger partial charge in [-0.3, -0.25) is 4.79 Å². The number of hydrogen-bond donors (Lipinski definition) is 2. The number of hydrogen-bond acceptors (Lipinski definition) is 2. The molecule has 1 aliphatic rings. The second-order valence-corrected chi connectivity index (χ2v) is 3.96. The van der Waals surface area contributed by atoms with E-state index in [9.17, 15) is 4.79 Å². The number of carbonyl (C=O) groups is 1. The van der Waals surface area contributed by atoms with Crippen molar-refractivity contribution in [2.45, 2.75) is 57.5 Å². The molecule has 0 aromatic heterocycles. The Morgan fingerprint density at radius 1 is 1.46 bits per heavy atom. The molecule has 0 spiro atoms. The van der Waals surface area contributed by atoms with Crippen molar-refractivity contribution in [2.75, 3.05) is 0 Å². The minimum Gasteiger partial charge on any atom is -0.352 e. The number of nitrogens with two attached hydrogens (primary N) is 1. The van der Waals surface area contributed by atoms with Gasteiger partial charge in [0.2, 0.25) is 5.91 Å². The number of amides is 1. The highest BCUT2D eigenvalue weighted by atomic mass is 16.2. The first-order valence-corrected chi connectivity index (χ1v) is 5.22. The predicted molar refractivity (Wildman–Crippen MR) is 53.3 cm³/mol. The molecule has 0 radical (unpaired) electrons. The molecule has 3 N–H and O–H groups in total. The molecule has 0 aromatic rings. The Morgan fingerprint density at radius 3 is 2.31 bits per heavy atom. The lowest BCUT2D eigenvalue weighted by atomic mass is 9.89. The largest absolute Gasteiger partial charge is 0.352 e. The van der Waals surface area contributed by atoms with Gasteiger partial charge in [0.05, 0.1) is 5.54 Å².